The summed E-state index contributed by atoms with van der Waals surface area (Å²) in [5, 5.41) is 0. The molecule has 2 atom stereocenters. The van der Waals surface area contributed by atoms with Gasteiger partial charge in [-0.3, -0.25) is 9.98 Å². The van der Waals surface area contributed by atoms with Crippen LogP contribution in [-0.2, 0) is 37.6 Å². The standard InChI is InChI=1S/C40H26N2O2.Pt/c1-2-16-31-26(11-1)24-36-38(31)42-39(44-36)27-12-9-14-29(23-27)43-30-15-10-13-28(25-30)40(37-21-7-8-22-41-37)34-19-5-3-17-32(34)33-18-4-6-20-35(33)40;/h1-22,36,38H,24H2;/q-2;+2/t36-,38+;/m1./s1. The molecule has 1 aromatic heterocycles. The molecule has 6 aromatic rings. The summed E-state index contributed by atoms with van der Waals surface area (Å²) in [5.74, 6) is 1.80. The van der Waals surface area contributed by atoms with E-state index in [0.29, 0.717) is 17.4 Å². The Hall–Kier alpha value is -4.79. The van der Waals surface area contributed by atoms with Gasteiger partial charge < -0.3 is 9.47 Å². The van der Waals surface area contributed by atoms with Crippen LogP contribution >= 0.6 is 0 Å². The average Bonchev–Trinajstić information content (AvgIpc) is 3.74. The summed E-state index contributed by atoms with van der Waals surface area (Å²) in [6.07, 6.45) is 2.77. The number of hydrogen-bond donors (Lipinski definition) is 0. The fourth-order valence-electron chi connectivity index (χ4n) is 7.23. The fourth-order valence-corrected chi connectivity index (χ4v) is 7.23. The van der Waals surface area contributed by atoms with Crippen molar-refractivity contribution in [2.45, 2.75) is 24.0 Å². The second-order valence-electron chi connectivity index (χ2n) is 11.5. The number of ether oxygens (including phenoxy) is 2. The van der Waals surface area contributed by atoms with Gasteiger partial charge >= 0.3 is 21.1 Å². The first-order valence-electron chi connectivity index (χ1n) is 15.0. The maximum atomic E-state index is 6.44. The number of fused-ring (bicyclic) bond motifs is 6. The van der Waals surface area contributed by atoms with Crippen LogP contribution in [0.4, 0.5) is 0 Å². The molecule has 3 aliphatic rings. The maximum Gasteiger partial charge on any atom is 2.00 e. The normalized spacial score (nSPS) is 18.0. The predicted molar refractivity (Wildman–Crippen MR) is 170 cm³/mol. The second kappa shape index (κ2) is 11.0. The summed E-state index contributed by atoms with van der Waals surface area (Å²) in [6.45, 7) is 0. The summed E-state index contributed by atoms with van der Waals surface area (Å²) >= 11 is 0. The number of nitrogens with zero attached hydrogens (tertiary/aromatic N) is 2. The summed E-state index contributed by atoms with van der Waals surface area (Å²) in [4.78, 5) is 9.87. The van der Waals surface area contributed by atoms with Crippen molar-refractivity contribution >= 4 is 5.90 Å². The Morgan fingerprint density at radius 2 is 1.38 bits per heavy atom. The Kier molecular flexibility index (Phi) is 6.77. The number of aromatic nitrogens is 1. The minimum atomic E-state index is -0.639. The molecule has 2 aliphatic carbocycles. The van der Waals surface area contributed by atoms with E-state index in [-0.39, 0.29) is 33.2 Å². The topological polar surface area (TPSA) is 43.7 Å². The number of benzene rings is 5. The van der Waals surface area contributed by atoms with Crippen LogP contribution in [0.5, 0.6) is 11.5 Å². The van der Waals surface area contributed by atoms with E-state index in [1.807, 2.05) is 42.6 Å². The van der Waals surface area contributed by atoms with Crippen LogP contribution < -0.4 is 4.74 Å². The molecule has 0 fully saturated rings. The largest absolute Gasteiger partial charge is 2.00 e. The molecule has 5 aromatic carbocycles. The first-order valence-corrected chi connectivity index (χ1v) is 15.0. The molecule has 0 saturated heterocycles. The molecule has 0 N–H and O–H groups in total. The third kappa shape index (κ3) is 4.31. The van der Waals surface area contributed by atoms with Gasteiger partial charge in [0.1, 0.15) is 18.0 Å². The minimum Gasteiger partial charge on any atom is -0.514 e. The molecule has 4 nitrogen and oxygen atoms in total. The first-order chi connectivity index (χ1) is 21.8. The van der Waals surface area contributed by atoms with Gasteiger partial charge in [0.25, 0.3) is 0 Å². The molecular formula is C40H26N2O2Pt. The Bertz CT molecular complexity index is 2040. The van der Waals surface area contributed by atoms with Gasteiger partial charge in [0, 0.05) is 24.1 Å². The molecule has 45 heavy (non-hydrogen) atoms. The van der Waals surface area contributed by atoms with Crippen molar-refractivity contribution < 1.29 is 30.5 Å². The smallest absolute Gasteiger partial charge is 0.514 e. The van der Waals surface area contributed by atoms with E-state index in [1.165, 1.54) is 33.4 Å². The average molecular weight is 762 g/mol. The fraction of sp³-hybridized carbons (Fsp3) is 0.100. The molecule has 1 aliphatic heterocycles. The Labute approximate surface area is 276 Å². The Morgan fingerprint density at radius 1 is 0.689 bits per heavy atom. The van der Waals surface area contributed by atoms with E-state index in [4.69, 9.17) is 19.5 Å². The summed E-state index contributed by atoms with van der Waals surface area (Å²) in [5.41, 5.74) is 9.42. The Morgan fingerprint density at radius 3 is 2.16 bits per heavy atom. The summed E-state index contributed by atoms with van der Waals surface area (Å²) in [7, 11) is 0. The number of pyridine rings is 1. The van der Waals surface area contributed by atoms with Crippen molar-refractivity contribution in [1.82, 2.24) is 4.98 Å². The minimum absolute atomic E-state index is 0. The molecule has 9 rings (SSSR count). The van der Waals surface area contributed by atoms with Gasteiger partial charge in [-0.1, -0.05) is 90.5 Å². The van der Waals surface area contributed by atoms with Crippen LogP contribution in [0.15, 0.2) is 139 Å². The molecule has 2 heterocycles. The van der Waals surface area contributed by atoms with Crippen LogP contribution in [0.25, 0.3) is 11.1 Å². The summed E-state index contributed by atoms with van der Waals surface area (Å²) in [6, 6.07) is 50.8. The number of hydrogen-bond acceptors (Lipinski definition) is 4. The molecule has 0 unspecified atom stereocenters. The predicted octanol–water partition coefficient (Wildman–Crippen LogP) is 8.28. The molecule has 218 valence electrons. The van der Waals surface area contributed by atoms with Crippen molar-refractivity contribution in [3.63, 3.8) is 0 Å². The Balaban J connectivity index is 0.00000300. The maximum absolute atomic E-state index is 6.44. The van der Waals surface area contributed by atoms with E-state index in [0.717, 1.165) is 23.2 Å². The van der Waals surface area contributed by atoms with Crippen molar-refractivity contribution in [1.29, 1.82) is 0 Å². The quantitative estimate of drug-likeness (QED) is 0.166. The third-order valence-corrected chi connectivity index (χ3v) is 9.06. The molecule has 0 radical (unpaired) electrons. The monoisotopic (exact) mass is 761 g/mol. The van der Waals surface area contributed by atoms with Crippen LogP contribution in [0.3, 0.4) is 0 Å². The van der Waals surface area contributed by atoms with Crippen molar-refractivity contribution in [3.8, 4) is 22.6 Å². The van der Waals surface area contributed by atoms with Crippen molar-refractivity contribution in [2.75, 3.05) is 0 Å². The summed E-state index contributed by atoms with van der Waals surface area (Å²) < 4.78 is 12.8. The van der Waals surface area contributed by atoms with E-state index in [2.05, 4.69) is 103 Å². The molecular weight excluding hydrogens is 736 g/mol. The molecule has 0 saturated carbocycles. The molecule has 0 amide bonds. The van der Waals surface area contributed by atoms with Crippen LogP contribution in [-0.4, -0.2) is 17.0 Å². The van der Waals surface area contributed by atoms with Crippen LogP contribution in [0, 0.1) is 12.1 Å². The van der Waals surface area contributed by atoms with E-state index < -0.39 is 5.41 Å². The van der Waals surface area contributed by atoms with Gasteiger partial charge in [-0.15, -0.1) is 35.9 Å². The van der Waals surface area contributed by atoms with Crippen molar-refractivity contribution in [3.05, 3.63) is 185 Å². The molecule has 0 spiro atoms. The van der Waals surface area contributed by atoms with E-state index >= 15 is 0 Å². The second-order valence-corrected chi connectivity index (χ2v) is 11.5. The zero-order valence-corrected chi connectivity index (χ0v) is 26.4. The van der Waals surface area contributed by atoms with Gasteiger partial charge in [0.2, 0.25) is 0 Å². The zero-order valence-electron chi connectivity index (χ0n) is 24.1. The van der Waals surface area contributed by atoms with E-state index in [9.17, 15) is 0 Å². The van der Waals surface area contributed by atoms with Gasteiger partial charge in [0.05, 0.1) is 11.1 Å². The SMILES string of the molecule is [Pt+2].[c-]1c(Oc2[c-]c(C3(c4ccccn4)c4ccccc4-c4ccccc43)ccc2)cccc1C1=N[C@H]2c3ccccc3C[C@H]2O1. The third-order valence-electron chi connectivity index (χ3n) is 9.06. The first kappa shape index (κ1) is 27.7. The van der Waals surface area contributed by atoms with Gasteiger partial charge in [0.15, 0.2) is 0 Å². The zero-order chi connectivity index (χ0) is 29.1. The van der Waals surface area contributed by atoms with Gasteiger partial charge in [-0.25, -0.2) is 0 Å². The van der Waals surface area contributed by atoms with E-state index in [1.54, 1.807) is 0 Å². The van der Waals surface area contributed by atoms with Crippen molar-refractivity contribution in [2.24, 2.45) is 4.99 Å². The number of aliphatic imine (C=N–C) groups is 1. The number of rotatable bonds is 5. The van der Waals surface area contributed by atoms with Gasteiger partial charge in [-0.2, -0.15) is 12.1 Å². The van der Waals surface area contributed by atoms with Crippen LogP contribution in [0.2, 0.25) is 0 Å². The molecule has 5 heteroatoms. The van der Waals surface area contributed by atoms with Crippen LogP contribution in [0.1, 0.15) is 45.1 Å². The molecule has 0 bridgehead atoms. The van der Waals surface area contributed by atoms with Gasteiger partial charge in [-0.05, 0) is 45.5 Å².